The van der Waals surface area contributed by atoms with E-state index in [9.17, 15) is 4.79 Å². The first-order valence-electron chi connectivity index (χ1n) is 7.30. The molecular weight excluding hydrogens is 254 g/mol. The number of phenols is 1. The Morgan fingerprint density at radius 2 is 1.75 bits per heavy atom. The quantitative estimate of drug-likeness (QED) is 0.740. The van der Waals surface area contributed by atoms with Crippen molar-refractivity contribution in [2.45, 2.75) is 25.7 Å². The van der Waals surface area contributed by atoms with Crippen LogP contribution in [-0.4, -0.2) is 42.2 Å². The number of hydrogen-bond acceptors (Lipinski definition) is 3. The van der Waals surface area contributed by atoms with Crippen molar-refractivity contribution < 1.29 is 9.90 Å². The molecule has 2 amide bonds. The molecule has 0 unspecified atom stereocenters. The monoisotopic (exact) mass is 277 g/mol. The molecule has 0 radical (unpaired) electrons. The summed E-state index contributed by atoms with van der Waals surface area (Å²) >= 11 is 0. The van der Waals surface area contributed by atoms with E-state index in [4.69, 9.17) is 5.11 Å². The molecule has 1 heterocycles. The lowest BCUT2D eigenvalue weighted by atomic mass is 10.2. The lowest BCUT2D eigenvalue weighted by molar-refractivity contribution is 0.246. The maximum absolute atomic E-state index is 11.7. The molecule has 0 aromatic heterocycles. The molecule has 0 spiro atoms. The predicted molar refractivity (Wildman–Crippen MR) is 80.0 cm³/mol. The largest absolute Gasteiger partial charge is 0.508 e. The van der Waals surface area contributed by atoms with Gasteiger partial charge >= 0.3 is 6.03 Å². The van der Waals surface area contributed by atoms with Gasteiger partial charge in [-0.3, -0.25) is 0 Å². The van der Waals surface area contributed by atoms with Crippen LogP contribution < -0.4 is 10.6 Å². The number of aromatic hydroxyl groups is 1. The molecule has 110 valence electrons. The standard InChI is InChI=1S/C15H23N3O2/c19-14-7-5-13(6-8-14)17-15(20)16-9-12-18-10-3-1-2-4-11-18/h5-8,19H,1-4,9-12H2,(H2,16,17,20). The van der Waals surface area contributed by atoms with E-state index >= 15 is 0 Å². The van der Waals surface area contributed by atoms with Gasteiger partial charge < -0.3 is 20.6 Å². The van der Waals surface area contributed by atoms with Crippen LogP contribution >= 0.6 is 0 Å². The van der Waals surface area contributed by atoms with Crippen molar-refractivity contribution in [1.82, 2.24) is 10.2 Å². The Bertz CT molecular complexity index is 412. The van der Waals surface area contributed by atoms with Crippen molar-refractivity contribution in [2.75, 3.05) is 31.5 Å². The molecule has 1 aliphatic rings. The van der Waals surface area contributed by atoms with Crippen LogP contribution in [0, 0.1) is 0 Å². The number of rotatable bonds is 4. The minimum absolute atomic E-state index is 0.192. The fraction of sp³-hybridized carbons (Fsp3) is 0.533. The number of nitrogens with one attached hydrogen (secondary N) is 2. The molecule has 1 saturated heterocycles. The molecule has 0 saturated carbocycles. The Kier molecular flexibility index (Phi) is 5.68. The van der Waals surface area contributed by atoms with Gasteiger partial charge in [0.2, 0.25) is 0 Å². The SMILES string of the molecule is O=C(NCCN1CCCCCC1)Nc1ccc(O)cc1. The van der Waals surface area contributed by atoms with Crippen molar-refractivity contribution in [3.8, 4) is 5.75 Å². The number of anilines is 1. The fourth-order valence-corrected chi connectivity index (χ4v) is 2.41. The highest BCUT2D eigenvalue weighted by molar-refractivity contribution is 5.89. The summed E-state index contributed by atoms with van der Waals surface area (Å²) in [5.74, 6) is 0.192. The van der Waals surface area contributed by atoms with Gasteiger partial charge in [0.25, 0.3) is 0 Å². The molecule has 5 nitrogen and oxygen atoms in total. The Balaban J connectivity index is 1.65. The molecule has 1 aliphatic heterocycles. The predicted octanol–water partition coefficient (Wildman–Crippen LogP) is 2.39. The smallest absolute Gasteiger partial charge is 0.319 e. The topological polar surface area (TPSA) is 64.6 Å². The highest BCUT2D eigenvalue weighted by atomic mass is 16.3. The summed E-state index contributed by atoms with van der Waals surface area (Å²) in [7, 11) is 0. The minimum atomic E-state index is -0.203. The third-order valence-corrected chi connectivity index (χ3v) is 3.54. The van der Waals surface area contributed by atoms with Crippen LogP contribution in [0.15, 0.2) is 24.3 Å². The molecular formula is C15H23N3O2. The van der Waals surface area contributed by atoms with E-state index < -0.39 is 0 Å². The number of benzene rings is 1. The van der Waals surface area contributed by atoms with Gasteiger partial charge in [0.05, 0.1) is 0 Å². The summed E-state index contributed by atoms with van der Waals surface area (Å²) in [5, 5.41) is 14.8. The van der Waals surface area contributed by atoms with E-state index in [0.717, 1.165) is 19.6 Å². The Morgan fingerprint density at radius 3 is 2.40 bits per heavy atom. The average molecular weight is 277 g/mol. The van der Waals surface area contributed by atoms with Crippen LogP contribution in [0.1, 0.15) is 25.7 Å². The average Bonchev–Trinajstić information content (AvgIpc) is 2.70. The lowest BCUT2D eigenvalue weighted by Crippen LogP contribution is -2.37. The Hall–Kier alpha value is -1.75. The molecule has 0 aliphatic carbocycles. The van der Waals surface area contributed by atoms with Crippen molar-refractivity contribution in [3.05, 3.63) is 24.3 Å². The van der Waals surface area contributed by atoms with E-state index in [1.54, 1.807) is 24.3 Å². The number of nitrogens with zero attached hydrogens (tertiary/aromatic N) is 1. The molecule has 5 heteroatoms. The van der Waals surface area contributed by atoms with Crippen molar-refractivity contribution in [1.29, 1.82) is 0 Å². The summed E-state index contributed by atoms with van der Waals surface area (Å²) in [6.45, 7) is 3.84. The maximum Gasteiger partial charge on any atom is 0.319 e. The number of carbonyl (C=O) groups is 1. The van der Waals surface area contributed by atoms with E-state index in [2.05, 4.69) is 15.5 Å². The highest BCUT2D eigenvalue weighted by Crippen LogP contribution is 2.13. The number of carbonyl (C=O) groups excluding carboxylic acids is 1. The normalized spacial score (nSPS) is 16.4. The molecule has 0 atom stereocenters. The number of amides is 2. The zero-order valence-electron chi connectivity index (χ0n) is 11.8. The van der Waals surface area contributed by atoms with Crippen LogP contribution in [0.3, 0.4) is 0 Å². The number of phenolic OH excluding ortho intramolecular Hbond substituents is 1. The first-order valence-corrected chi connectivity index (χ1v) is 7.30. The van der Waals surface area contributed by atoms with Gasteiger partial charge in [-0.15, -0.1) is 0 Å². The van der Waals surface area contributed by atoms with Gasteiger partial charge in [0.15, 0.2) is 0 Å². The zero-order chi connectivity index (χ0) is 14.2. The summed E-state index contributed by atoms with van der Waals surface area (Å²) in [6, 6.07) is 6.23. The van der Waals surface area contributed by atoms with E-state index in [1.165, 1.54) is 25.7 Å². The number of likely N-dealkylation sites (tertiary alicyclic amines) is 1. The summed E-state index contributed by atoms with van der Waals surface area (Å²) < 4.78 is 0. The van der Waals surface area contributed by atoms with Crippen LogP contribution in [0.4, 0.5) is 10.5 Å². The molecule has 2 rings (SSSR count). The van der Waals surface area contributed by atoms with E-state index in [-0.39, 0.29) is 11.8 Å². The number of hydrogen-bond donors (Lipinski definition) is 3. The summed E-state index contributed by atoms with van der Waals surface area (Å²) in [6.07, 6.45) is 5.18. The maximum atomic E-state index is 11.7. The van der Waals surface area contributed by atoms with Crippen molar-refractivity contribution in [3.63, 3.8) is 0 Å². The van der Waals surface area contributed by atoms with Gasteiger partial charge in [-0.2, -0.15) is 0 Å². The molecule has 1 aromatic carbocycles. The van der Waals surface area contributed by atoms with Crippen LogP contribution in [-0.2, 0) is 0 Å². The minimum Gasteiger partial charge on any atom is -0.508 e. The second kappa shape index (κ2) is 7.75. The third-order valence-electron chi connectivity index (χ3n) is 3.54. The lowest BCUT2D eigenvalue weighted by Gasteiger charge is -2.19. The Morgan fingerprint density at radius 1 is 1.10 bits per heavy atom. The molecule has 3 N–H and O–H groups in total. The van der Waals surface area contributed by atoms with Crippen molar-refractivity contribution >= 4 is 11.7 Å². The van der Waals surface area contributed by atoms with Crippen LogP contribution in [0.2, 0.25) is 0 Å². The molecule has 1 aromatic rings. The van der Waals surface area contributed by atoms with E-state index in [1.807, 2.05) is 0 Å². The molecule has 0 bridgehead atoms. The second-order valence-electron chi connectivity index (χ2n) is 5.18. The fourth-order valence-electron chi connectivity index (χ4n) is 2.41. The second-order valence-corrected chi connectivity index (χ2v) is 5.18. The number of urea groups is 1. The van der Waals surface area contributed by atoms with Gasteiger partial charge in [0.1, 0.15) is 5.75 Å². The van der Waals surface area contributed by atoms with Gasteiger partial charge in [-0.05, 0) is 50.2 Å². The summed E-state index contributed by atoms with van der Waals surface area (Å²) in [4.78, 5) is 14.1. The summed E-state index contributed by atoms with van der Waals surface area (Å²) in [5.41, 5.74) is 0.676. The van der Waals surface area contributed by atoms with Gasteiger partial charge in [-0.1, -0.05) is 12.8 Å². The Labute approximate surface area is 120 Å². The van der Waals surface area contributed by atoms with E-state index in [0.29, 0.717) is 12.2 Å². The third kappa shape index (κ3) is 5.09. The molecule has 1 fully saturated rings. The van der Waals surface area contributed by atoms with Crippen LogP contribution in [0.25, 0.3) is 0 Å². The van der Waals surface area contributed by atoms with Gasteiger partial charge in [0, 0.05) is 18.8 Å². The van der Waals surface area contributed by atoms with Crippen molar-refractivity contribution in [2.24, 2.45) is 0 Å². The molecule has 20 heavy (non-hydrogen) atoms. The van der Waals surface area contributed by atoms with Crippen LogP contribution in [0.5, 0.6) is 5.75 Å². The first kappa shape index (κ1) is 14.7. The highest BCUT2D eigenvalue weighted by Gasteiger charge is 2.09. The zero-order valence-corrected chi connectivity index (χ0v) is 11.8. The first-order chi connectivity index (χ1) is 9.74. The van der Waals surface area contributed by atoms with Gasteiger partial charge in [-0.25, -0.2) is 4.79 Å².